The van der Waals surface area contributed by atoms with Gasteiger partial charge >= 0.3 is 0 Å². The van der Waals surface area contributed by atoms with Gasteiger partial charge in [-0.1, -0.05) is 24.3 Å². The Bertz CT molecular complexity index is 424. The van der Waals surface area contributed by atoms with Gasteiger partial charge in [-0.3, -0.25) is 4.99 Å². The second kappa shape index (κ2) is 12.1. The maximum Gasteiger partial charge on any atom is 0.191 e. The maximum atomic E-state index is 4.22. The molecule has 0 heterocycles. The summed E-state index contributed by atoms with van der Waals surface area (Å²) in [5, 5.41) is 6.64. The average Bonchev–Trinajstić information content (AvgIpc) is 2.42. The normalized spacial score (nSPS) is 11.2. The third-order valence-corrected chi connectivity index (χ3v) is 3.38. The monoisotopic (exact) mass is 422 g/mol. The molecule has 1 rings (SSSR count). The summed E-state index contributed by atoms with van der Waals surface area (Å²) in [6.07, 6.45) is 2.11. The van der Waals surface area contributed by atoms with Crippen LogP contribution in [0.15, 0.2) is 29.3 Å². The highest BCUT2D eigenvalue weighted by Gasteiger charge is 2.00. The zero-order valence-electron chi connectivity index (χ0n) is 13.3. The first-order valence-corrected chi connectivity index (χ1v) is 8.21. The molecule has 0 saturated heterocycles. The molecular weight excluding hydrogens is 395 g/mol. The summed E-state index contributed by atoms with van der Waals surface area (Å²) in [5.41, 5.74) is 2.61. The Balaban J connectivity index is 0.00000400. The van der Waals surface area contributed by atoms with Crippen molar-refractivity contribution in [1.29, 1.82) is 0 Å². The molecule has 0 aliphatic rings. The van der Waals surface area contributed by atoms with Gasteiger partial charge in [0.25, 0.3) is 0 Å². The molecule has 120 valence electrons. The van der Waals surface area contributed by atoms with E-state index in [1.54, 1.807) is 7.05 Å². The number of rotatable bonds is 7. The molecule has 6 heteroatoms. The number of guanidine groups is 1. The number of nitrogens with one attached hydrogen (secondary N) is 2. The predicted octanol–water partition coefficient (Wildman–Crippen LogP) is 2.39. The molecule has 0 aliphatic carbocycles. The molecule has 0 bridgehead atoms. The summed E-state index contributed by atoms with van der Waals surface area (Å²) in [4.78, 5) is 6.40. The summed E-state index contributed by atoms with van der Waals surface area (Å²) in [5.74, 6) is 1.94. The third-order valence-electron chi connectivity index (χ3n) is 2.77. The fourth-order valence-corrected chi connectivity index (χ4v) is 2.19. The standard InChI is InChI=1S/C15H26N4S.HI/c1-16-15(17-8-9-20-4)18-11-13-6-5-7-14(10-13)12-19(2)3;/h5-7,10H,8-9,11-12H2,1-4H3,(H2,16,17,18);1H. The third kappa shape index (κ3) is 9.21. The lowest BCUT2D eigenvalue weighted by atomic mass is 10.1. The van der Waals surface area contributed by atoms with Gasteiger partial charge in [0, 0.05) is 32.4 Å². The summed E-state index contributed by atoms with van der Waals surface area (Å²) in [6.45, 7) is 2.69. The van der Waals surface area contributed by atoms with Crippen LogP contribution in [0, 0.1) is 0 Å². The number of hydrogen-bond donors (Lipinski definition) is 2. The first-order chi connectivity index (χ1) is 9.65. The molecule has 0 unspecified atom stereocenters. The van der Waals surface area contributed by atoms with Crippen molar-refractivity contribution in [2.75, 3.05) is 39.7 Å². The van der Waals surface area contributed by atoms with Crippen LogP contribution >= 0.6 is 35.7 Å². The van der Waals surface area contributed by atoms with E-state index in [1.165, 1.54) is 11.1 Å². The van der Waals surface area contributed by atoms with Gasteiger partial charge in [-0.25, -0.2) is 0 Å². The van der Waals surface area contributed by atoms with Crippen molar-refractivity contribution < 1.29 is 0 Å². The second-order valence-electron chi connectivity index (χ2n) is 4.90. The van der Waals surface area contributed by atoms with E-state index in [4.69, 9.17) is 0 Å². The van der Waals surface area contributed by atoms with Crippen LogP contribution < -0.4 is 10.6 Å². The lowest BCUT2D eigenvalue weighted by molar-refractivity contribution is 0.402. The maximum absolute atomic E-state index is 4.22. The largest absolute Gasteiger partial charge is 0.356 e. The van der Waals surface area contributed by atoms with E-state index in [1.807, 2.05) is 11.8 Å². The van der Waals surface area contributed by atoms with Crippen molar-refractivity contribution >= 4 is 41.7 Å². The average molecular weight is 422 g/mol. The first kappa shape index (κ1) is 20.5. The Morgan fingerprint density at radius 3 is 2.57 bits per heavy atom. The lowest BCUT2D eigenvalue weighted by Crippen LogP contribution is -2.37. The van der Waals surface area contributed by atoms with Crippen molar-refractivity contribution in [2.24, 2.45) is 4.99 Å². The summed E-state index contributed by atoms with van der Waals surface area (Å²) in [6, 6.07) is 8.65. The van der Waals surface area contributed by atoms with Gasteiger partial charge in [0.2, 0.25) is 0 Å². The van der Waals surface area contributed by atoms with Gasteiger partial charge in [0.1, 0.15) is 0 Å². The van der Waals surface area contributed by atoms with Crippen molar-refractivity contribution in [1.82, 2.24) is 15.5 Å². The van der Waals surface area contributed by atoms with Crippen LogP contribution in [0.2, 0.25) is 0 Å². The van der Waals surface area contributed by atoms with Gasteiger partial charge < -0.3 is 15.5 Å². The minimum atomic E-state index is 0. The Morgan fingerprint density at radius 2 is 1.95 bits per heavy atom. The van der Waals surface area contributed by atoms with Crippen LogP contribution in [-0.4, -0.2) is 50.6 Å². The Morgan fingerprint density at radius 1 is 1.24 bits per heavy atom. The quantitative estimate of drug-likeness (QED) is 0.307. The highest BCUT2D eigenvalue weighted by atomic mass is 127. The minimum absolute atomic E-state index is 0. The Kier molecular flexibility index (Phi) is 11.8. The lowest BCUT2D eigenvalue weighted by Gasteiger charge is -2.13. The van der Waals surface area contributed by atoms with E-state index in [-0.39, 0.29) is 24.0 Å². The molecule has 1 aromatic rings. The van der Waals surface area contributed by atoms with E-state index in [0.29, 0.717) is 0 Å². The summed E-state index contributed by atoms with van der Waals surface area (Å²) < 4.78 is 0. The number of aliphatic imine (C=N–C) groups is 1. The highest BCUT2D eigenvalue weighted by molar-refractivity contribution is 14.0. The van der Waals surface area contributed by atoms with Crippen molar-refractivity contribution in [3.05, 3.63) is 35.4 Å². The number of halogens is 1. The van der Waals surface area contributed by atoms with E-state index < -0.39 is 0 Å². The topological polar surface area (TPSA) is 39.7 Å². The van der Waals surface area contributed by atoms with Crippen LogP contribution in [0.5, 0.6) is 0 Å². The molecule has 0 amide bonds. The van der Waals surface area contributed by atoms with Crippen molar-refractivity contribution in [2.45, 2.75) is 13.1 Å². The number of hydrogen-bond acceptors (Lipinski definition) is 3. The van der Waals surface area contributed by atoms with Gasteiger partial charge in [-0.05, 0) is 31.5 Å². The molecule has 0 aromatic heterocycles. The fraction of sp³-hybridized carbons (Fsp3) is 0.533. The minimum Gasteiger partial charge on any atom is -0.356 e. The zero-order valence-corrected chi connectivity index (χ0v) is 16.5. The predicted molar refractivity (Wildman–Crippen MR) is 106 cm³/mol. The van der Waals surface area contributed by atoms with E-state index >= 15 is 0 Å². The molecule has 4 nitrogen and oxygen atoms in total. The second-order valence-corrected chi connectivity index (χ2v) is 5.89. The molecular formula is C15H27IN4S. The van der Waals surface area contributed by atoms with Crippen molar-refractivity contribution in [3.63, 3.8) is 0 Å². The van der Waals surface area contributed by atoms with E-state index in [9.17, 15) is 0 Å². The van der Waals surface area contributed by atoms with Gasteiger partial charge in [0.05, 0.1) is 0 Å². The van der Waals surface area contributed by atoms with Gasteiger partial charge in [-0.15, -0.1) is 24.0 Å². The summed E-state index contributed by atoms with van der Waals surface area (Å²) in [7, 11) is 5.97. The molecule has 0 fully saturated rings. The van der Waals surface area contributed by atoms with Gasteiger partial charge in [0.15, 0.2) is 5.96 Å². The molecule has 0 radical (unpaired) electrons. The molecule has 0 atom stereocenters. The molecule has 0 spiro atoms. The first-order valence-electron chi connectivity index (χ1n) is 6.81. The molecule has 2 N–H and O–H groups in total. The van der Waals surface area contributed by atoms with Crippen LogP contribution in [0.3, 0.4) is 0 Å². The zero-order chi connectivity index (χ0) is 14.8. The summed E-state index contributed by atoms with van der Waals surface area (Å²) >= 11 is 1.83. The Labute approximate surface area is 150 Å². The highest BCUT2D eigenvalue weighted by Crippen LogP contribution is 2.06. The number of thioether (sulfide) groups is 1. The van der Waals surface area contributed by atoms with Crippen molar-refractivity contribution in [3.8, 4) is 0 Å². The van der Waals surface area contributed by atoms with Crippen LogP contribution in [0.1, 0.15) is 11.1 Å². The molecule has 1 aromatic carbocycles. The molecule has 21 heavy (non-hydrogen) atoms. The Hall–Kier alpha value is -0.470. The number of benzene rings is 1. The molecule has 0 aliphatic heterocycles. The smallest absolute Gasteiger partial charge is 0.191 e. The van der Waals surface area contributed by atoms with Crippen LogP contribution in [0.4, 0.5) is 0 Å². The molecule has 0 saturated carbocycles. The van der Waals surface area contributed by atoms with Crippen LogP contribution in [0.25, 0.3) is 0 Å². The SMILES string of the molecule is CN=C(NCCSC)NCc1cccc(CN(C)C)c1.I. The number of nitrogens with zero attached hydrogens (tertiary/aromatic N) is 2. The van der Waals surface area contributed by atoms with E-state index in [2.05, 4.69) is 65.1 Å². The van der Waals surface area contributed by atoms with Crippen LogP contribution in [-0.2, 0) is 13.1 Å². The van der Waals surface area contributed by atoms with E-state index in [0.717, 1.165) is 31.3 Å². The van der Waals surface area contributed by atoms with Gasteiger partial charge in [-0.2, -0.15) is 11.8 Å². The fourth-order valence-electron chi connectivity index (χ4n) is 1.88.